The number of hydrogen-bond donors (Lipinski definition) is 1. The van der Waals surface area contributed by atoms with E-state index in [1.165, 1.54) is 20.3 Å². The number of sulfone groups is 1. The third-order valence-corrected chi connectivity index (χ3v) is 6.11. The van der Waals surface area contributed by atoms with Gasteiger partial charge in [-0.15, -0.1) is 0 Å². The van der Waals surface area contributed by atoms with Gasteiger partial charge in [0.25, 0.3) is 0 Å². The van der Waals surface area contributed by atoms with Crippen molar-refractivity contribution in [2.75, 3.05) is 5.75 Å². The van der Waals surface area contributed by atoms with Crippen molar-refractivity contribution in [2.24, 2.45) is 5.92 Å². The van der Waals surface area contributed by atoms with Crippen LogP contribution in [0.3, 0.4) is 0 Å². The zero-order chi connectivity index (χ0) is 12.4. The van der Waals surface area contributed by atoms with E-state index in [0.717, 1.165) is 25.7 Å². The molecule has 0 unspecified atom stereocenters. The molecule has 1 aliphatic rings. The smallest absolute Gasteiger partial charge is 0.324 e. The lowest BCUT2D eigenvalue weighted by Crippen LogP contribution is -2.43. The Kier molecular flexibility index (Phi) is 3.99. The summed E-state index contributed by atoms with van der Waals surface area (Å²) in [5, 5.41) is 8.93. The van der Waals surface area contributed by atoms with Crippen molar-refractivity contribution in [1.29, 1.82) is 0 Å². The first kappa shape index (κ1) is 13.5. The van der Waals surface area contributed by atoms with Gasteiger partial charge in [-0.25, -0.2) is 8.42 Å². The molecule has 1 saturated carbocycles. The van der Waals surface area contributed by atoms with Crippen LogP contribution in [0, 0.1) is 5.92 Å². The number of aliphatic carboxylic acids is 1. The summed E-state index contributed by atoms with van der Waals surface area (Å²) >= 11 is 0. The predicted molar refractivity (Wildman–Crippen MR) is 62.1 cm³/mol. The van der Waals surface area contributed by atoms with Crippen molar-refractivity contribution < 1.29 is 18.3 Å². The lowest BCUT2D eigenvalue weighted by atomic mass is 9.91. The van der Waals surface area contributed by atoms with E-state index in [4.69, 9.17) is 5.11 Å². The van der Waals surface area contributed by atoms with Crippen LogP contribution in [0.1, 0.15) is 46.0 Å². The zero-order valence-corrected chi connectivity index (χ0v) is 10.7. The van der Waals surface area contributed by atoms with E-state index in [2.05, 4.69) is 0 Å². The molecule has 4 nitrogen and oxygen atoms in total. The predicted octanol–water partition coefficient (Wildman–Crippen LogP) is 1.84. The molecule has 0 bridgehead atoms. The molecule has 0 heterocycles. The quantitative estimate of drug-likeness (QED) is 0.824. The minimum Gasteiger partial charge on any atom is -0.480 e. The number of carbonyl (C=O) groups is 1. The van der Waals surface area contributed by atoms with Gasteiger partial charge >= 0.3 is 5.97 Å². The molecule has 94 valence electrons. The van der Waals surface area contributed by atoms with Crippen molar-refractivity contribution >= 4 is 15.8 Å². The lowest BCUT2D eigenvalue weighted by Gasteiger charge is -2.26. The van der Waals surface area contributed by atoms with Crippen LogP contribution in [0.25, 0.3) is 0 Å². The van der Waals surface area contributed by atoms with Gasteiger partial charge in [-0.3, -0.25) is 4.79 Å². The van der Waals surface area contributed by atoms with Gasteiger partial charge in [-0.2, -0.15) is 0 Å². The monoisotopic (exact) mass is 248 g/mol. The molecule has 1 rings (SSSR count). The highest BCUT2D eigenvalue weighted by Crippen LogP contribution is 2.28. The Bertz CT molecular complexity index is 350. The van der Waals surface area contributed by atoms with E-state index in [9.17, 15) is 13.2 Å². The molecule has 0 radical (unpaired) electrons. The molecule has 1 fully saturated rings. The van der Waals surface area contributed by atoms with Crippen LogP contribution in [0.4, 0.5) is 0 Å². The third-order valence-electron chi connectivity index (χ3n) is 3.47. The van der Waals surface area contributed by atoms with Gasteiger partial charge < -0.3 is 5.11 Å². The number of hydrogen-bond acceptors (Lipinski definition) is 3. The lowest BCUT2D eigenvalue weighted by molar-refractivity contribution is -0.139. The van der Waals surface area contributed by atoms with Gasteiger partial charge in [0.15, 0.2) is 14.6 Å². The van der Waals surface area contributed by atoms with Crippen molar-refractivity contribution in [1.82, 2.24) is 0 Å². The SMILES string of the molecule is CC(C)(C(=O)O)S(=O)(=O)CC1CCCCC1. The third kappa shape index (κ3) is 2.75. The molecule has 1 aliphatic carbocycles. The first-order valence-corrected chi connectivity index (χ1v) is 7.38. The standard InChI is InChI=1S/C11H20O4S/c1-11(2,10(12)13)16(14,15)8-9-6-4-3-5-7-9/h9H,3-8H2,1-2H3,(H,12,13). The maximum absolute atomic E-state index is 12.0. The normalized spacial score (nSPS) is 19.6. The van der Waals surface area contributed by atoms with Gasteiger partial charge in [-0.1, -0.05) is 19.3 Å². The molecule has 1 N–H and O–H groups in total. The second-order valence-corrected chi connectivity index (χ2v) is 7.68. The van der Waals surface area contributed by atoms with Crippen LogP contribution >= 0.6 is 0 Å². The summed E-state index contributed by atoms with van der Waals surface area (Å²) in [5.74, 6) is -1.09. The second-order valence-electron chi connectivity index (χ2n) is 5.10. The topological polar surface area (TPSA) is 71.4 Å². The van der Waals surface area contributed by atoms with Crippen LogP contribution in [-0.2, 0) is 14.6 Å². The molecule has 0 amide bonds. The first-order chi connectivity index (χ1) is 7.27. The maximum Gasteiger partial charge on any atom is 0.324 e. The Labute approximate surface area is 97.0 Å². The van der Waals surface area contributed by atoms with Crippen molar-refractivity contribution in [2.45, 2.75) is 50.7 Å². The van der Waals surface area contributed by atoms with Gasteiger partial charge in [0.05, 0.1) is 5.75 Å². The molecule has 16 heavy (non-hydrogen) atoms. The summed E-state index contributed by atoms with van der Waals surface area (Å²) < 4.78 is 22.3. The summed E-state index contributed by atoms with van der Waals surface area (Å²) in [7, 11) is -3.56. The highest BCUT2D eigenvalue weighted by molar-refractivity contribution is 7.93. The second kappa shape index (κ2) is 4.73. The fourth-order valence-corrected chi connectivity index (χ4v) is 3.64. The maximum atomic E-state index is 12.0. The summed E-state index contributed by atoms with van der Waals surface area (Å²) in [6.45, 7) is 2.54. The molecule has 0 spiro atoms. The Morgan fingerprint density at radius 2 is 1.75 bits per heavy atom. The number of carboxylic acids is 1. The average Bonchev–Trinajstić information content (AvgIpc) is 2.18. The molecule has 0 atom stereocenters. The van der Waals surface area contributed by atoms with Crippen molar-refractivity contribution in [3.8, 4) is 0 Å². The Morgan fingerprint density at radius 1 is 1.25 bits per heavy atom. The molecule has 5 heteroatoms. The van der Waals surface area contributed by atoms with Crippen molar-refractivity contribution in [3.05, 3.63) is 0 Å². The highest BCUT2D eigenvalue weighted by atomic mass is 32.2. The summed E-state index contributed by atoms with van der Waals surface area (Å²) in [6.07, 6.45) is 5.12. The fourth-order valence-electron chi connectivity index (χ4n) is 2.01. The molecule has 0 saturated heterocycles. The Hall–Kier alpha value is -0.580. The van der Waals surface area contributed by atoms with Crippen LogP contribution < -0.4 is 0 Å². The molecule has 0 aromatic carbocycles. The first-order valence-electron chi connectivity index (χ1n) is 5.73. The van der Waals surface area contributed by atoms with Crippen molar-refractivity contribution in [3.63, 3.8) is 0 Å². The van der Waals surface area contributed by atoms with E-state index in [1.54, 1.807) is 0 Å². The average molecular weight is 248 g/mol. The minimum atomic E-state index is -3.56. The molecule has 0 aromatic heterocycles. The van der Waals surface area contributed by atoms with E-state index >= 15 is 0 Å². The van der Waals surface area contributed by atoms with Crippen LogP contribution in [-0.4, -0.2) is 30.0 Å². The fraction of sp³-hybridized carbons (Fsp3) is 0.909. The summed E-state index contributed by atoms with van der Waals surface area (Å²) in [6, 6.07) is 0. The number of rotatable bonds is 4. The van der Waals surface area contributed by atoms with Gasteiger partial charge in [0.1, 0.15) is 0 Å². The largest absolute Gasteiger partial charge is 0.480 e. The summed E-state index contributed by atoms with van der Waals surface area (Å²) in [5.41, 5.74) is 0. The van der Waals surface area contributed by atoms with Gasteiger partial charge in [0, 0.05) is 0 Å². The molecular weight excluding hydrogens is 228 g/mol. The molecule has 0 aromatic rings. The van der Waals surface area contributed by atoms with E-state index in [-0.39, 0.29) is 11.7 Å². The van der Waals surface area contributed by atoms with Crippen LogP contribution in [0.5, 0.6) is 0 Å². The van der Waals surface area contributed by atoms with Gasteiger partial charge in [-0.05, 0) is 32.6 Å². The zero-order valence-electron chi connectivity index (χ0n) is 9.90. The number of carboxylic acid groups (broad SMARTS) is 1. The molecular formula is C11H20O4S. The van der Waals surface area contributed by atoms with Crippen LogP contribution in [0.15, 0.2) is 0 Å². The van der Waals surface area contributed by atoms with E-state index in [1.807, 2.05) is 0 Å². The highest BCUT2D eigenvalue weighted by Gasteiger charge is 2.42. The minimum absolute atomic E-state index is 0.0201. The van der Waals surface area contributed by atoms with Crippen LogP contribution in [0.2, 0.25) is 0 Å². The Morgan fingerprint density at radius 3 is 2.19 bits per heavy atom. The van der Waals surface area contributed by atoms with E-state index < -0.39 is 20.6 Å². The van der Waals surface area contributed by atoms with Gasteiger partial charge in [0.2, 0.25) is 0 Å². The molecule has 0 aliphatic heterocycles. The van der Waals surface area contributed by atoms with E-state index in [0.29, 0.717) is 0 Å². The Balaban J connectivity index is 2.74. The summed E-state index contributed by atoms with van der Waals surface area (Å²) in [4.78, 5) is 10.9.